The minimum atomic E-state index is -0.980. The van der Waals surface area contributed by atoms with Crippen LogP contribution in [0.2, 0.25) is 0 Å². The number of carbonyl (C=O) groups is 2. The number of likely N-dealkylation sites (N-methyl/N-ethyl adjacent to an activating group) is 1. The average Bonchev–Trinajstić information content (AvgIpc) is 3.13. The van der Waals surface area contributed by atoms with Crippen molar-refractivity contribution < 1.29 is 23.5 Å². The Hall–Kier alpha value is -3.65. The van der Waals surface area contributed by atoms with E-state index in [1.165, 1.54) is 0 Å². The second-order valence-corrected chi connectivity index (χ2v) is 7.95. The number of nitrogens with one attached hydrogen (secondary N) is 2. The van der Waals surface area contributed by atoms with E-state index in [2.05, 4.69) is 5.32 Å². The van der Waals surface area contributed by atoms with Crippen LogP contribution in [0.25, 0.3) is 11.0 Å². The fourth-order valence-electron chi connectivity index (χ4n) is 2.87. The molecule has 0 bridgehead atoms. The van der Waals surface area contributed by atoms with Gasteiger partial charge in [0.05, 0.1) is 0 Å². The minimum absolute atomic E-state index is 0.0576. The van der Waals surface area contributed by atoms with E-state index in [-0.39, 0.29) is 17.4 Å². The van der Waals surface area contributed by atoms with Gasteiger partial charge >= 0.3 is 5.97 Å². The number of benzene rings is 2. The zero-order valence-electron chi connectivity index (χ0n) is 17.8. The summed E-state index contributed by atoms with van der Waals surface area (Å²) in [6, 6.07) is 13.0. The van der Waals surface area contributed by atoms with Gasteiger partial charge in [0.15, 0.2) is 5.76 Å². The van der Waals surface area contributed by atoms with Gasteiger partial charge in [-0.15, -0.1) is 0 Å². The molecule has 3 rings (SSSR count). The lowest BCUT2D eigenvalue weighted by molar-refractivity contribution is -0.164. The summed E-state index contributed by atoms with van der Waals surface area (Å²) in [6.45, 7) is 5.32. The number of nitrogen functional groups attached to an aromatic ring is 1. The van der Waals surface area contributed by atoms with E-state index in [4.69, 9.17) is 25.0 Å². The smallest absolute Gasteiger partial charge is 0.363 e. The third-order valence-corrected chi connectivity index (χ3v) is 4.30. The molecule has 8 nitrogen and oxygen atoms in total. The molecule has 4 N–H and O–H groups in total. The Labute approximate surface area is 179 Å². The van der Waals surface area contributed by atoms with E-state index in [0.717, 1.165) is 0 Å². The maximum Gasteiger partial charge on any atom is 0.363 e. The molecule has 3 aromatic rings. The monoisotopic (exact) mass is 423 g/mol. The Morgan fingerprint density at radius 2 is 1.71 bits per heavy atom. The van der Waals surface area contributed by atoms with Gasteiger partial charge in [0, 0.05) is 16.5 Å². The quantitative estimate of drug-likeness (QED) is 0.175. The van der Waals surface area contributed by atoms with Crippen molar-refractivity contribution in [3.05, 3.63) is 65.4 Å². The van der Waals surface area contributed by atoms with Gasteiger partial charge in [-0.25, -0.2) is 4.79 Å². The molecule has 8 heteroatoms. The van der Waals surface area contributed by atoms with Crippen LogP contribution in [0.15, 0.2) is 52.9 Å². The van der Waals surface area contributed by atoms with Crippen molar-refractivity contribution in [3.8, 4) is 5.75 Å². The third kappa shape index (κ3) is 5.29. The van der Waals surface area contributed by atoms with Crippen molar-refractivity contribution in [1.82, 2.24) is 5.32 Å². The first-order chi connectivity index (χ1) is 14.6. The number of hydrogen-bond donors (Lipinski definition) is 3. The van der Waals surface area contributed by atoms with E-state index in [9.17, 15) is 9.59 Å². The molecule has 31 heavy (non-hydrogen) atoms. The first kappa shape index (κ1) is 22.0. The standard InChI is InChI=1S/C23H25N3O5/c1-23(2,3)31-22(28)21(26-4)29-16-8-5-13(6-9-16)19(27)18-12-15-11-14(20(24)25)7-10-17(15)30-18/h5-12,21,26H,1-4H3,(H3,24,25). The Morgan fingerprint density at radius 3 is 2.29 bits per heavy atom. The number of amidine groups is 1. The van der Waals surface area contributed by atoms with Crippen LogP contribution in [0.1, 0.15) is 42.5 Å². The van der Waals surface area contributed by atoms with Crippen LogP contribution in [0.4, 0.5) is 0 Å². The summed E-state index contributed by atoms with van der Waals surface area (Å²) in [6.07, 6.45) is -0.980. The van der Waals surface area contributed by atoms with Crippen LogP contribution in [-0.4, -0.2) is 36.5 Å². The zero-order chi connectivity index (χ0) is 22.8. The van der Waals surface area contributed by atoms with Crippen LogP contribution < -0.4 is 15.8 Å². The van der Waals surface area contributed by atoms with Gasteiger partial charge in [0.25, 0.3) is 0 Å². The molecule has 162 valence electrons. The number of fused-ring (bicyclic) bond motifs is 1. The molecule has 0 saturated heterocycles. The van der Waals surface area contributed by atoms with Gasteiger partial charge in [-0.1, -0.05) is 0 Å². The maximum atomic E-state index is 12.8. The first-order valence-corrected chi connectivity index (χ1v) is 9.67. The van der Waals surface area contributed by atoms with Gasteiger partial charge in [0.1, 0.15) is 22.8 Å². The van der Waals surface area contributed by atoms with Crippen molar-refractivity contribution in [2.75, 3.05) is 7.05 Å². The normalized spacial score (nSPS) is 12.4. The van der Waals surface area contributed by atoms with Crippen LogP contribution in [-0.2, 0) is 9.53 Å². The van der Waals surface area contributed by atoms with E-state index in [1.807, 2.05) is 0 Å². The Bertz CT molecular complexity index is 1130. The molecule has 1 aromatic heterocycles. The molecule has 0 aliphatic rings. The fourth-order valence-corrected chi connectivity index (χ4v) is 2.87. The first-order valence-electron chi connectivity index (χ1n) is 9.67. The van der Waals surface area contributed by atoms with Gasteiger partial charge in [-0.05, 0) is 76.3 Å². The fraction of sp³-hybridized carbons (Fsp3) is 0.261. The van der Waals surface area contributed by atoms with Crippen molar-refractivity contribution in [2.45, 2.75) is 32.6 Å². The predicted molar refractivity (Wildman–Crippen MR) is 116 cm³/mol. The van der Waals surface area contributed by atoms with Crippen LogP contribution >= 0.6 is 0 Å². The van der Waals surface area contributed by atoms with Crippen molar-refractivity contribution in [2.24, 2.45) is 5.73 Å². The van der Waals surface area contributed by atoms with Crippen molar-refractivity contribution in [1.29, 1.82) is 5.41 Å². The topological polar surface area (TPSA) is 128 Å². The Morgan fingerprint density at radius 1 is 1.06 bits per heavy atom. The van der Waals surface area contributed by atoms with Gasteiger partial charge in [-0.3, -0.25) is 15.5 Å². The molecule has 2 aromatic carbocycles. The largest absolute Gasteiger partial charge is 0.464 e. The number of carbonyl (C=O) groups excluding carboxylic acids is 2. The number of hydrogen-bond acceptors (Lipinski definition) is 7. The lowest BCUT2D eigenvalue weighted by Crippen LogP contribution is -2.43. The molecule has 0 spiro atoms. The van der Waals surface area contributed by atoms with Gasteiger partial charge in [0.2, 0.25) is 12.0 Å². The number of ketones is 1. The highest BCUT2D eigenvalue weighted by molar-refractivity contribution is 6.09. The van der Waals surface area contributed by atoms with Crippen LogP contribution in [0.5, 0.6) is 5.75 Å². The summed E-state index contributed by atoms with van der Waals surface area (Å²) >= 11 is 0. The van der Waals surface area contributed by atoms with Gasteiger partial charge in [-0.2, -0.15) is 0 Å². The highest BCUT2D eigenvalue weighted by atomic mass is 16.6. The number of furan rings is 1. The van der Waals surface area contributed by atoms with Gasteiger partial charge < -0.3 is 19.6 Å². The van der Waals surface area contributed by atoms with E-state index in [1.54, 1.807) is 76.3 Å². The number of nitrogens with two attached hydrogens (primary N) is 1. The van der Waals surface area contributed by atoms with Crippen LogP contribution in [0, 0.1) is 5.41 Å². The molecular weight excluding hydrogens is 398 g/mol. The van der Waals surface area contributed by atoms with E-state index < -0.39 is 17.8 Å². The molecule has 0 aliphatic heterocycles. The zero-order valence-corrected chi connectivity index (χ0v) is 17.8. The number of rotatable bonds is 7. The highest BCUT2D eigenvalue weighted by Crippen LogP contribution is 2.24. The molecule has 0 radical (unpaired) electrons. The summed E-state index contributed by atoms with van der Waals surface area (Å²) in [5.74, 6) is -0.326. The Kier molecular flexibility index (Phi) is 6.12. The summed E-state index contributed by atoms with van der Waals surface area (Å²) in [7, 11) is 1.59. The highest BCUT2D eigenvalue weighted by Gasteiger charge is 2.25. The maximum absolute atomic E-state index is 12.8. The molecule has 1 heterocycles. The van der Waals surface area contributed by atoms with E-state index in [0.29, 0.717) is 27.8 Å². The molecule has 1 unspecified atom stereocenters. The van der Waals surface area contributed by atoms with Crippen molar-refractivity contribution >= 4 is 28.6 Å². The molecule has 0 amide bonds. The summed E-state index contributed by atoms with van der Waals surface area (Å²) < 4.78 is 16.6. The molecular formula is C23H25N3O5. The predicted octanol–water partition coefficient (Wildman–Crippen LogP) is 3.21. The Balaban J connectivity index is 1.74. The van der Waals surface area contributed by atoms with E-state index >= 15 is 0 Å². The second kappa shape index (κ2) is 8.61. The SMILES string of the molecule is CNC(Oc1ccc(C(=O)c2cc3cc(C(=N)N)ccc3o2)cc1)C(=O)OC(C)(C)C. The molecule has 1 atom stereocenters. The third-order valence-electron chi connectivity index (χ3n) is 4.30. The molecule has 0 aliphatic carbocycles. The summed E-state index contributed by atoms with van der Waals surface area (Å²) in [5, 5.41) is 11.0. The molecule has 0 fully saturated rings. The average molecular weight is 423 g/mol. The number of esters is 1. The van der Waals surface area contributed by atoms with Crippen LogP contribution in [0.3, 0.4) is 0 Å². The lowest BCUT2D eigenvalue weighted by atomic mass is 10.1. The lowest BCUT2D eigenvalue weighted by Gasteiger charge is -2.24. The molecule has 0 saturated carbocycles. The second-order valence-electron chi connectivity index (χ2n) is 7.95. The summed E-state index contributed by atoms with van der Waals surface area (Å²) in [5.41, 5.74) is 6.36. The number of ether oxygens (including phenoxy) is 2. The minimum Gasteiger partial charge on any atom is -0.464 e. The summed E-state index contributed by atoms with van der Waals surface area (Å²) in [4.78, 5) is 25.0. The van der Waals surface area contributed by atoms with Crippen molar-refractivity contribution in [3.63, 3.8) is 0 Å².